The Balaban J connectivity index is 1.80. The van der Waals surface area contributed by atoms with E-state index in [1.165, 1.54) is 0 Å². The highest BCUT2D eigenvalue weighted by molar-refractivity contribution is 5.77. The van der Waals surface area contributed by atoms with Crippen molar-refractivity contribution >= 4 is 5.91 Å². The van der Waals surface area contributed by atoms with Crippen LogP contribution in [0.15, 0.2) is 18.2 Å². The van der Waals surface area contributed by atoms with Gasteiger partial charge in [0.15, 0.2) is 6.61 Å². The summed E-state index contributed by atoms with van der Waals surface area (Å²) in [6.45, 7) is 6.12. The first-order valence-corrected chi connectivity index (χ1v) is 6.54. The normalized spacial score (nSPS) is 22.3. The van der Waals surface area contributed by atoms with Gasteiger partial charge < -0.3 is 10.1 Å². The zero-order valence-electron chi connectivity index (χ0n) is 11.6. The lowest BCUT2D eigenvalue weighted by Gasteiger charge is -2.13. The van der Waals surface area contributed by atoms with Crippen LogP contribution in [0.3, 0.4) is 0 Å². The van der Waals surface area contributed by atoms with Crippen molar-refractivity contribution in [2.24, 2.45) is 0 Å². The molecule has 1 aromatic carbocycles. The molecule has 1 amide bonds. The zero-order chi connectivity index (χ0) is 13.8. The maximum atomic E-state index is 11.7. The molecular formula is C14H21N3O2. The van der Waals surface area contributed by atoms with E-state index in [0.29, 0.717) is 6.04 Å². The molecule has 0 bridgehead atoms. The van der Waals surface area contributed by atoms with E-state index in [0.717, 1.165) is 23.3 Å². The van der Waals surface area contributed by atoms with Crippen LogP contribution >= 0.6 is 0 Å². The van der Waals surface area contributed by atoms with Crippen LogP contribution in [0.25, 0.3) is 0 Å². The van der Waals surface area contributed by atoms with E-state index in [2.05, 4.69) is 29.2 Å². The van der Waals surface area contributed by atoms with Crippen molar-refractivity contribution in [1.29, 1.82) is 0 Å². The van der Waals surface area contributed by atoms with Gasteiger partial charge in [0.05, 0.1) is 6.17 Å². The third-order valence-corrected chi connectivity index (χ3v) is 2.99. The number of carbonyl (C=O) groups excluding carboxylic acids is 1. The van der Waals surface area contributed by atoms with Gasteiger partial charge in [-0.25, -0.2) is 5.43 Å². The molecule has 0 spiro atoms. The third kappa shape index (κ3) is 4.22. The minimum absolute atomic E-state index is 0.0228. The van der Waals surface area contributed by atoms with Crippen LogP contribution in [-0.2, 0) is 4.79 Å². The Kier molecular flexibility index (Phi) is 4.39. The largest absolute Gasteiger partial charge is 0.484 e. The van der Waals surface area contributed by atoms with Crippen molar-refractivity contribution in [3.05, 3.63) is 29.3 Å². The van der Waals surface area contributed by atoms with E-state index in [4.69, 9.17) is 4.74 Å². The van der Waals surface area contributed by atoms with Crippen LogP contribution in [0.4, 0.5) is 0 Å². The van der Waals surface area contributed by atoms with Gasteiger partial charge in [0.2, 0.25) is 0 Å². The molecule has 0 aliphatic carbocycles. The Labute approximate surface area is 113 Å². The summed E-state index contributed by atoms with van der Waals surface area (Å²) in [4.78, 5) is 11.7. The number of carbonyl (C=O) groups is 1. The number of hydrogen-bond acceptors (Lipinski definition) is 4. The van der Waals surface area contributed by atoms with E-state index < -0.39 is 0 Å². The number of nitrogens with one attached hydrogen (secondary N) is 3. The van der Waals surface area contributed by atoms with Crippen molar-refractivity contribution in [3.8, 4) is 5.75 Å². The molecule has 1 aliphatic rings. The van der Waals surface area contributed by atoms with Crippen LogP contribution in [-0.4, -0.2) is 24.7 Å². The van der Waals surface area contributed by atoms with Crippen molar-refractivity contribution in [2.75, 3.05) is 6.61 Å². The van der Waals surface area contributed by atoms with Gasteiger partial charge in [-0.2, -0.15) is 0 Å². The number of ether oxygens (including phenoxy) is 1. The summed E-state index contributed by atoms with van der Waals surface area (Å²) in [5.74, 6) is 0.617. The van der Waals surface area contributed by atoms with Gasteiger partial charge in [-0.1, -0.05) is 6.07 Å². The SMILES string of the molecule is Cc1cc(C)cc(OCC(=O)NC2CC(C)NN2)c1. The summed E-state index contributed by atoms with van der Waals surface area (Å²) in [6, 6.07) is 6.29. The van der Waals surface area contributed by atoms with Crippen molar-refractivity contribution in [3.63, 3.8) is 0 Å². The van der Waals surface area contributed by atoms with Crippen LogP contribution < -0.4 is 20.9 Å². The molecular weight excluding hydrogens is 242 g/mol. The van der Waals surface area contributed by atoms with E-state index in [-0.39, 0.29) is 18.7 Å². The highest BCUT2D eigenvalue weighted by atomic mass is 16.5. The predicted octanol–water partition coefficient (Wildman–Crippen LogP) is 1.01. The molecule has 1 aromatic rings. The fourth-order valence-corrected chi connectivity index (χ4v) is 2.21. The van der Waals surface area contributed by atoms with Gasteiger partial charge in [0.25, 0.3) is 5.91 Å². The predicted molar refractivity (Wildman–Crippen MR) is 73.7 cm³/mol. The van der Waals surface area contributed by atoms with Gasteiger partial charge in [-0.3, -0.25) is 10.2 Å². The quantitative estimate of drug-likeness (QED) is 0.759. The Morgan fingerprint density at radius 3 is 2.58 bits per heavy atom. The van der Waals surface area contributed by atoms with Crippen LogP contribution in [0.1, 0.15) is 24.5 Å². The number of benzene rings is 1. The van der Waals surface area contributed by atoms with Gasteiger partial charge in [0.1, 0.15) is 5.75 Å². The van der Waals surface area contributed by atoms with Crippen LogP contribution in [0, 0.1) is 13.8 Å². The van der Waals surface area contributed by atoms with Crippen molar-refractivity contribution in [2.45, 2.75) is 39.4 Å². The molecule has 0 aromatic heterocycles. The third-order valence-electron chi connectivity index (χ3n) is 2.99. The number of amides is 1. The van der Waals surface area contributed by atoms with Crippen LogP contribution in [0.5, 0.6) is 5.75 Å². The molecule has 1 heterocycles. The van der Waals surface area contributed by atoms with Crippen LogP contribution in [0.2, 0.25) is 0 Å². The summed E-state index contributed by atoms with van der Waals surface area (Å²) in [5.41, 5.74) is 8.34. The molecule has 0 saturated carbocycles. The second kappa shape index (κ2) is 6.04. The van der Waals surface area contributed by atoms with Gasteiger partial charge >= 0.3 is 0 Å². The number of aryl methyl sites for hydroxylation is 2. The molecule has 1 aliphatic heterocycles. The number of hydrazine groups is 1. The number of rotatable bonds is 4. The van der Waals surface area contributed by atoms with E-state index in [1.54, 1.807) is 0 Å². The average Bonchev–Trinajstić information content (AvgIpc) is 2.71. The Hall–Kier alpha value is -1.59. The summed E-state index contributed by atoms with van der Waals surface area (Å²) >= 11 is 0. The molecule has 2 rings (SSSR count). The summed E-state index contributed by atoms with van der Waals surface area (Å²) < 4.78 is 5.51. The van der Waals surface area contributed by atoms with Gasteiger partial charge in [-0.15, -0.1) is 0 Å². The molecule has 5 nitrogen and oxygen atoms in total. The molecule has 104 valence electrons. The molecule has 1 fully saturated rings. The second-order valence-electron chi connectivity index (χ2n) is 5.16. The minimum Gasteiger partial charge on any atom is -0.484 e. The summed E-state index contributed by atoms with van der Waals surface area (Å²) in [7, 11) is 0. The molecule has 0 radical (unpaired) electrons. The molecule has 2 unspecified atom stereocenters. The van der Waals surface area contributed by atoms with Crippen molar-refractivity contribution in [1.82, 2.24) is 16.2 Å². The minimum atomic E-state index is -0.118. The van der Waals surface area contributed by atoms with E-state index >= 15 is 0 Å². The Morgan fingerprint density at radius 1 is 1.32 bits per heavy atom. The summed E-state index contributed by atoms with van der Waals surface area (Å²) in [6.07, 6.45) is 0.848. The fourth-order valence-electron chi connectivity index (χ4n) is 2.21. The van der Waals surface area contributed by atoms with Gasteiger partial charge in [0, 0.05) is 6.04 Å². The number of hydrogen-bond donors (Lipinski definition) is 3. The zero-order valence-corrected chi connectivity index (χ0v) is 11.6. The molecule has 1 saturated heterocycles. The molecule has 5 heteroatoms. The first kappa shape index (κ1) is 13.8. The molecule has 19 heavy (non-hydrogen) atoms. The lowest BCUT2D eigenvalue weighted by molar-refractivity contribution is -0.123. The smallest absolute Gasteiger partial charge is 0.259 e. The van der Waals surface area contributed by atoms with E-state index in [9.17, 15) is 4.79 Å². The topological polar surface area (TPSA) is 62.4 Å². The molecule has 3 N–H and O–H groups in total. The highest BCUT2D eigenvalue weighted by Gasteiger charge is 2.21. The maximum Gasteiger partial charge on any atom is 0.259 e. The highest BCUT2D eigenvalue weighted by Crippen LogP contribution is 2.15. The first-order valence-electron chi connectivity index (χ1n) is 6.54. The fraction of sp³-hybridized carbons (Fsp3) is 0.500. The monoisotopic (exact) mass is 263 g/mol. The lowest BCUT2D eigenvalue weighted by Crippen LogP contribution is -2.45. The maximum absolute atomic E-state index is 11.7. The van der Waals surface area contributed by atoms with Gasteiger partial charge in [-0.05, 0) is 50.5 Å². The summed E-state index contributed by atoms with van der Waals surface area (Å²) in [5, 5.41) is 2.87. The standard InChI is InChI=1S/C14H21N3O2/c1-9-4-10(2)6-12(5-9)19-8-14(18)15-13-7-11(3)16-17-13/h4-6,11,13,16-17H,7-8H2,1-3H3,(H,15,18). The average molecular weight is 263 g/mol. The Morgan fingerprint density at radius 2 is 2.00 bits per heavy atom. The van der Waals surface area contributed by atoms with E-state index in [1.807, 2.05) is 26.0 Å². The Bertz CT molecular complexity index is 442. The second-order valence-corrected chi connectivity index (χ2v) is 5.16. The molecule has 2 atom stereocenters. The first-order chi connectivity index (χ1) is 9.02. The van der Waals surface area contributed by atoms with Crippen molar-refractivity contribution < 1.29 is 9.53 Å². The lowest BCUT2D eigenvalue weighted by atomic mass is 10.1.